The van der Waals surface area contributed by atoms with Gasteiger partial charge in [0.25, 0.3) is 0 Å². The maximum Gasteiger partial charge on any atom is 0.314 e. The lowest BCUT2D eigenvalue weighted by molar-refractivity contribution is -0.245. The van der Waals surface area contributed by atoms with Gasteiger partial charge in [-0.05, 0) is 97.7 Å². The lowest BCUT2D eigenvalue weighted by atomic mass is 9.33. The molecule has 11 atom stereocenters. The monoisotopic (exact) mass is 532 g/mol. The first-order valence-corrected chi connectivity index (χ1v) is 14.5. The molecule has 11 unspecified atom stereocenters. The molecule has 5 aliphatic carbocycles. The van der Waals surface area contributed by atoms with E-state index in [9.17, 15) is 30.0 Å². The Hall–Kier alpha value is -1.44. The zero-order valence-corrected chi connectivity index (χ0v) is 24.2. The van der Waals surface area contributed by atoms with E-state index in [1.807, 2.05) is 0 Å². The van der Waals surface area contributed by atoms with Crippen molar-refractivity contribution in [2.45, 2.75) is 111 Å². The summed E-state index contributed by atoms with van der Waals surface area (Å²) in [6.07, 6.45) is 4.11. The highest BCUT2D eigenvalue weighted by molar-refractivity contribution is 5.78. The third-order valence-electron chi connectivity index (χ3n) is 13.3. The molecule has 0 spiro atoms. The van der Waals surface area contributed by atoms with Gasteiger partial charge in [-0.25, -0.2) is 0 Å². The van der Waals surface area contributed by atoms with Gasteiger partial charge in [0.05, 0.1) is 30.8 Å². The van der Waals surface area contributed by atoms with E-state index in [0.717, 1.165) is 25.7 Å². The predicted octanol–water partition coefficient (Wildman–Crippen LogP) is 4.33. The number of fused-ring (bicyclic) bond motifs is 7. The third kappa shape index (κ3) is 3.18. The minimum atomic E-state index is -1.22. The molecular weight excluding hydrogens is 484 g/mol. The van der Waals surface area contributed by atoms with Crippen molar-refractivity contribution < 1.29 is 34.8 Å². The number of carboxylic acids is 1. The van der Waals surface area contributed by atoms with Gasteiger partial charge < -0.3 is 25.2 Å². The summed E-state index contributed by atoms with van der Waals surface area (Å²) in [5.74, 6) is -1.66. The van der Waals surface area contributed by atoms with Crippen LogP contribution in [-0.2, 0) is 14.3 Å². The highest BCUT2D eigenvalue weighted by Gasteiger charge is 2.73. The molecule has 0 heterocycles. The van der Waals surface area contributed by atoms with Crippen LogP contribution in [0, 0.1) is 50.2 Å². The molecule has 4 N–H and O–H groups in total. The van der Waals surface area contributed by atoms with Crippen molar-refractivity contribution in [3.8, 4) is 0 Å². The summed E-state index contributed by atoms with van der Waals surface area (Å²) in [5, 5.41) is 44.5. The fourth-order valence-electron chi connectivity index (χ4n) is 11.0. The number of rotatable bonds is 2. The molecule has 7 heteroatoms. The zero-order valence-electron chi connectivity index (χ0n) is 24.2. The van der Waals surface area contributed by atoms with Crippen LogP contribution in [0.4, 0.5) is 0 Å². The molecule has 0 radical (unpaired) electrons. The average Bonchev–Trinajstić information content (AvgIpc) is 2.82. The Morgan fingerprint density at radius 1 is 0.921 bits per heavy atom. The highest BCUT2D eigenvalue weighted by atomic mass is 16.5. The van der Waals surface area contributed by atoms with Gasteiger partial charge in [-0.2, -0.15) is 0 Å². The first kappa shape index (κ1) is 28.1. The fraction of sp³-hybridized carbons (Fsp3) is 0.871. The van der Waals surface area contributed by atoms with Crippen LogP contribution in [-0.4, -0.2) is 57.8 Å². The van der Waals surface area contributed by atoms with E-state index < -0.39 is 51.9 Å². The summed E-state index contributed by atoms with van der Waals surface area (Å²) in [6.45, 7) is 12.9. The lowest BCUT2D eigenvalue weighted by Crippen LogP contribution is -2.70. The number of aliphatic carboxylic acids is 1. The van der Waals surface area contributed by atoms with Crippen molar-refractivity contribution in [1.29, 1.82) is 0 Å². The van der Waals surface area contributed by atoms with Crippen LogP contribution in [0.1, 0.15) is 92.9 Å². The van der Waals surface area contributed by atoms with Crippen molar-refractivity contribution in [3.63, 3.8) is 0 Å². The molecule has 0 aromatic heterocycles. The quantitative estimate of drug-likeness (QED) is 0.308. The van der Waals surface area contributed by atoms with Crippen LogP contribution < -0.4 is 0 Å². The van der Waals surface area contributed by atoms with Crippen LogP contribution in [0.25, 0.3) is 0 Å². The van der Waals surface area contributed by atoms with E-state index in [1.165, 1.54) is 12.7 Å². The molecule has 38 heavy (non-hydrogen) atoms. The number of aliphatic hydroxyl groups excluding tert-OH is 3. The van der Waals surface area contributed by atoms with Crippen molar-refractivity contribution in [1.82, 2.24) is 0 Å². The minimum absolute atomic E-state index is 0.00420. The Balaban J connectivity index is 1.64. The maximum absolute atomic E-state index is 13.1. The number of esters is 1. The molecule has 4 saturated carbocycles. The second-order valence-corrected chi connectivity index (χ2v) is 15.3. The smallest absolute Gasteiger partial charge is 0.314 e. The predicted molar refractivity (Wildman–Crippen MR) is 142 cm³/mol. The molecule has 5 rings (SSSR count). The van der Waals surface area contributed by atoms with Crippen molar-refractivity contribution in [2.75, 3.05) is 7.11 Å². The second-order valence-electron chi connectivity index (χ2n) is 15.3. The average molecular weight is 533 g/mol. The molecule has 5 aliphatic rings. The van der Waals surface area contributed by atoms with E-state index in [0.29, 0.717) is 25.7 Å². The summed E-state index contributed by atoms with van der Waals surface area (Å²) >= 11 is 0. The Bertz CT molecular complexity index is 1070. The Morgan fingerprint density at radius 2 is 1.58 bits per heavy atom. The van der Waals surface area contributed by atoms with Gasteiger partial charge >= 0.3 is 11.9 Å². The highest BCUT2D eigenvalue weighted by Crippen LogP contribution is 2.75. The van der Waals surface area contributed by atoms with Crippen molar-refractivity contribution in [2.24, 2.45) is 50.2 Å². The standard InChI is InChI=1S/C31H48O7/c1-26(2)12-13-31(24(35)36)18(14-26)17-8-9-20-27(3)15-19(32)23(34)30(6,25(37)38-7)21(27)10-11-28(20,4)29(17,5)16-22(31)33/h8,18-23,32-34H,9-16H2,1-7H3,(H,35,36). The van der Waals surface area contributed by atoms with E-state index in [4.69, 9.17) is 4.74 Å². The van der Waals surface area contributed by atoms with Crippen molar-refractivity contribution >= 4 is 11.9 Å². The van der Waals surface area contributed by atoms with Crippen LogP contribution in [0.5, 0.6) is 0 Å². The molecule has 0 aromatic carbocycles. The van der Waals surface area contributed by atoms with Crippen molar-refractivity contribution in [3.05, 3.63) is 11.6 Å². The van der Waals surface area contributed by atoms with Gasteiger partial charge in [0.15, 0.2) is 0 Å². The molecule has 0 bridgehead atoms. The number of methoxy groups -OCH3 is 1. The Kier molecular flexibility index (Phi) is 6.13. The first-order chi connectivity index (χ1) is 17.5. The molecule has 4 fully saturated rings. The van der Waals surface area contributed by atoms with Gasteiger partial charge in [0, 0.05) is 0 Å². The molecular formula is C31H48O7. The Morgan fingerprint density at radius 3 is 2.18 bits per heavy atom. The molecule has 0 saturated heterocycles. The van der Waals surface area contributed by atoms with Gasteiger partial charge in [0.1, 0.15) is 5.41 Å². The number of ether oxygens (including phenoxy) is 1. The first-order valence-electron chi connectivity index (χ1n) is 14.5. The molecule has 0 amide bonds. The number of carboxylic acid groups (broad SMARTS) is 1. The summed E-state index contributed by atoms with van der Waals surface area (Å²) in [5.41, 5.74) is -2.30. The van der Waals surface area contributed by atoms with E-state index in [1.54, 1.807) is 6.92 Å². The molecule has 0 aromatic rings. The van der Waals surface area contributed by atoms with Crippen LogP contribution >= 0.6 is 0 Å². The second kappa shape index (κ2) is 8.29. The van der Waals surface area contributed by atoms with Gasteiger partial charge in [-0.15, -0.1) is 0 Å². The van der Waals surface area contributed by atoms with Crippen LogP contribution in [0.3, 0.4) is 0 Å². The van der Waals surface area contributed by atoms with Gasteiger partial charge in [0.2, 0.25) is 0 Å². The minimum Gasteiger partial charge on any atom is -0.481 e. The third-order valence-corrected chi connectivity index (χ3v) is 13.3. The number of allylic oxidation sites excluding steroid dienone is 2. The zero-order chi connectivity index (χ0) is 28.3. The fourth-order valence-corrected chi connectivity index (χ4v) is 11.0. The number of carbonyl (C=O) groups is 2. The summed E-state index contributed by atoms with van der Waals surface area (Å²) in [7, 11) is 1.34. The molecule has 7 nitrogen and oxygen atoms in total. The molecule has 214 valence electrons. The number of aliphatic hydroxyl groups is 3. The van der Waals surface area contributed by atoms with Gasteiger partial charge in [-0.3, -0.25) is 9.59 Å². The lowest BCUT2D eigenvalue weighted by Gasteiger charge is -2.71. The maximum atomic E-state index is 13.1. The van der Waals surface area contributed by atoms with E-state index in [-0.39, 0.29) is 28.6 Å². The van der Waals surface area contributed by atoms with Gasteiger partial charge in [-0.1, -0.05) is 46.3 Å². The number of hydrogen-bond donors (Lipinski definition) is 4. The Labute approximate surface area is 227 Å². The topological polar surface area (TPSA) is 124 Å². The van der Waals surface area contributed by atoms with Crippen LogP contribution in [0.2, 0.25) is 0 Å². The summed E-state index contributed by atoms with van der Waals surface area (Å²) in [4.78, 5) is 26.0. The SMILES string of the molecule is COC(=O)C1(C)C(O)C(O)CC2(C)C1CCC1(C)C2CC=C2C3CC(C)(C)CCC3(C(=O)O)C(O)CC21C. The van der Waals surface area contributed by atoms with Crippen LogP contribution in [0.15, 0.2) is 11.6 Å². The normalized spacial score (nSPS) is 53.4. The van der Waals surface area contributed by atoms with E-state index >= 15 is 0 Å². The molecule has 0 aliphatic heterocycles. The summed E-state index contributed by atoms with van der Waals surface area (Å²) in [6, 6.07) is 0. The summed E-state index contributed by atoms with van der Waals surface area (Å²) < 4.78 is 5.19. The van der Waals surface area contributed by atoms with E-state index in [2.05, 4.69) is 40.7 Å². The largest absolute Gasteiger partial charge is 0.481 e. The number of carbonyl (C=O) groups excluding carboxylic acids is 1. The number of hydrogen-bond acceptors (Lipinski definition) is 6.